The number of hydrogen-bond donors (Lipinski definition) is 0. The minimum Gasteiger partial charge on any atom is -0.462 e. The third kappa shape index (κ3) is 58.1. The monoisotopic (exact) mass is 995 g/mol. The van der Waals surface area contributed by atoms with Crippen LogP contribution in [0.3, 0.4) is 0 Å². The first-order chi connectivity index (χ1) is 35.0. The minimum atomic E-state index is -0.779. The molecule has 0 saturated carbocycles. The van der Waals surface area contributed by atoms with Gasteiger partial charge in [0.15, 0.2) is 6.10 Å². The Bertz CT molecular complexity index is 1230. The fraction of sp³-hybridized carbons (Fsp3) is 0.831. The molecule has 6 heteroatoms. The van der Waals surface area contributed by atoms with Gasteiger partial charge in [-0.05, 0) is 103 Å². The lowest BCUT2D eigenvalue weighted by atomic mass is 10.1. The fourth-order valence-corrected chi connectivity index (χ4v) is 9.05. The van der Waals surface area contributed by atoms with Crippen molar-refractivity contribution in [1.29, 1.82) is 0 Å². The molecular formula is C65H118O6. The number of rotatable bonds is 57. The quantitative estimate of drug-likeness (QED) is 0.0261. The molecule has 0 aromatic carbocycles. The van der Waals surface area contributed by atoms with Crippen LogP contribution >= 0.6 is 0 Å². The van der Waals surface area contributed by atoms with E-state index in [4.69, 9.17) is 14.2 Å². The molecule has 0 aromatic heterocycles. The summed E-state index contributed by atoms with van der Waals surface area (Å²) in [5.74, 6) is -0.871. The molecule has 0 aliphatic heterocycles. The molecule has 0 aliphatic carbocycles. The maximum absolute atomic E-state index is 12.9. The van der Waals surface area contributed by atoms with Crippen LogP contribution in [0.2, 0.25) is 0 Å². The fourth-order valence-electron chi connectivity index (χ4n) is 9.05. The van der Waals surface area contributed by atoms with Crippen LogP contribution in [0.25, 0.3) is 0 Å². The summed E-state index contributed by atoms with van der Waals surface area (Å²) in [6.07, 6.45) is 73.9. The van der Waals surface area contributed by atoms with Crippen LogP contribution in [-0.4, -0.2) is 37.2 Å². The van der Waals surface area contributed by atoms with E-state index in [1.165, 1.54) is 225 Å². The van der Waals surface area contributed by atoms with Crippen LogP contribution in [0.15, 0.2) is 48.6 Å². The van der Waals surface area contributed by atoms with Gasteiger partial charge in [0.05, 0.1) is 0 Å². The highest BCUT2D eigenvalue weighted by atomic mass is 16.6. The first-order valence-corrected chi connectivity index (χ1v) is 31.1. The van der Waals surface area contributed by atoms with Crippen molar-refractivity contribution in [1.82, 2.24) is 0 Å². The molecular weight excluding hydrogens is 877 g/mol. The molecule has 0 bridgehead atoms. The average Bonchev–Trinajstić information content (AvgIpc) is 3.37. The molecule has 0 fully saturated rings. The maximum atomic E-state index is 12.9. The normalized spacial score (nSPS) is 12.3. The zero-order chi connectivity index (χ0) is 51.4. The van der Waals surface area contributed by atoms with E-state index >= 15 is 0 Å². The van der Waals surface area contributed by atoms with Gasteiger partial charge in [-0.2, -0.15) is 0 Å². The van der Waals surface area contributed by atoms with E-state index in [0.29, 0.717) is 19.3 Å². The summed E-state index contributed by atoms with van der Waals surface area (Å²) in [6, 6.07) is 0. The zero-order valence-electron chi connectivity index (χ0n) is 47.5. The second-order valence-corrected chi connectivity index (χ2v) is 21.0. The van der Waals surface area contributed by atoms with Crippen LogP contribution in [0.5, 0.6) is 0 Å². The summed E-state index contributed by atoms with van der Waals surface area (Å²) in [5, 5.41) is 0. The molecule has 0 radical (unpaired) electrons. The summed E-state index contributed by atoms with van der Waals surface area (Å²) >= 11 is 0. The topological polar surface area (TPSA) is 78.9 Å². The van der Waals surface area contributed by atoms with E-state index in [1.807, 2.05) is 0 Å². The Kier molecular flexibility index (Phi) is 57.7. The van der Waals surface area contributed by atoms with E-state index in [0.717, 1.165) is 64.2 Å². The largest absolute Gasteiger partial charge is 0.462 e. The third-order valence-corrected chi connectivity index (χ3v) is 13.8. The molecule has 0 amide bonds. The molecule has 0 aliphatic rings. The maximum Gasteiger partial charge on any atom is 0.306 e. The predicted molar refractivity (Wildman–Crippen MR) is 307 cm³/mol. The molecule has 0 aromatic rings. The van der Waals surface area contributed by atoms with Gasteiger partial charge in [0.1, 0.15) is 13.2 Å². The van der Waals surface area contributed by atoms with E-state index in [1.54, 1.807) is 0 Å². The summed E-state index contributed by atoms with van der Waals surface area (Å²) < 4.78 is 16.9. The Morgan fingerprint density at radius 2 is 0.507 bits per heavy atom. The van der Waals surface area contributed by atoms with Crippen molar-refractivity contribution >= 4 is 17.9 Å². The SMILES string of the molecule is CCCCC/C=C\C/C=C\CCCCCCCCCCCC(=O)OC[C@@H](COC(=O)CCCCCCCCC/C=C\CCCCCCCC)OC(=O)CCCCCCCCC/C=C\CCCCCCCC. The van der Waals surface area contributed by atoms with Crippen LogP contribution in [0.1, 0.15) is 329 Å². The van der Waals surface area contributed by atoms with Crippen molar-refractivity contribution in [3.8, 4) is 0 Å². The molecule has 0 saturated heterocycles. The second kappa shape index (κ2) is 59.9. The van der Waals surface area contributed by atoms with Crippen LogP contribution in [0, 0.1) is 0 Å². The van der Waals surface area contributed by atoms with Crippen molar-refractivity contribution in [2.75, 3.05) is 13.2 Å². The lowest BCUT2D eigenvalue weighted by Crippen LogP contribution is -2.30. The Morgan fingerprint density at radius 3 is 0.817 bits per heavy atom. The number of allylic oxidation sites excluding steroid dienone is 8. The molecule has 0 rings (SSSR count). The molecule has 0 N–H and O–H groups in total. The van der Waals surface area contributed by atoms with Gasteiger partial charge in [-0.3, -0.25) is 14.4 Å². The Morgan fingerprint density at radius 1 is 0.282 bits per heavy atom. The average molecular weight is 996 g/mol. The van der Waals surface area contributed by atoms with Gasteiger partial charge in [0.2, 0.25) is 0 Å². The van der Waals surface area contributed by atoms with E-state index in [2.05, 4.69) is 69.4 Å². The van der Waals surface area contributed by atoms with Gasteiger partial charge in [0.25, 0.3) is 0 Å². The number of carbonyl (C=O) groups excluding carboxylic acids is 3. The van der Waals surface area contributed by atoms with E-state index in [9.17, 15) is 14.4 Å². The summed E-state index contributed by atoms with van der Waals surface area (Å²) in [7, 11) is 0. The first-order valence-electron chi connectivity index (χ1n) is 31.1. The summed E-state index contributed by atoms with van der Waals surface area (Å²) in [5.41, 5.74) is 0. The Labute approximate surface area is 441 Å². The Balaban J connectivity index is 4.37. The number of unbranched alkanes of at least 4 members (excludes halogenated alkanes) is 38. The van der Waals surface area contributed by atoms with Gasteiger partial charge < -0.3 is 14.2 Å². The lowest BCUT2D eigenvalue weighted by Gasteiger charge is -2.18. The predicted octanol–water partition coefficient (Wildman–Crippen LogP) is 21.0. The van der Waals surface area contributed by atoms with Crippen molar-refractivity contribution in [2.24, 2.45) is 0 Å². The molecule has 6 nitrogen and oxygen atoms in total. The van der Waals surface area contributed by atoms with Crippen molar-refractivity contribution in [2.45, 2.75) is 335 Å². The summed E-state index contributed by atoms with van der Waals surface area (Å²) in [4.78, 5) is 38.3. The highest BCUT2D eigenvalue weighted by molar-refractivity contribution is 5.71. The molecule has 71 heavy (non-hydrogen) atoms. The number of ether oxygens (including phenoxy) is 3. The van der Waals surface area contributed by atoms with Gasteiger partial charge >= 0.3 is 17.9 Å². The molecule has 414 valence electrons. The molecule has 0 unspecified atom stereocenters. The smallest absolute Gasteiger partial charge is 0.306 e. The van der Waals surface area contributed by atoms with Crippen LogP contribution in [0.4, 0.5) is 0 Å². The molecule has 1 atom stereocenters. The highest BCUT2D eigenvalue weighted by Crippen LogP contribution is 2.16. The third-order valence-electron chi connectivity index (χ3n) is 13.8. The zero-order valence-corrected chi connectivity index (χ0v) is 47.5. The number of hydrogen-bond acceptors (Lipinski definition) is 6. The van der Waals surface area contributed by atoms with E-state index in [-0.39, 0.29) is 31.1 Å². The van der Waals surface area contributed by atoms with Gasteiger partial charge in [-0.15, -0.1) is 0 Å². The minimum absolute atomic E-state index is 0.0763. The van der Waals surface area contributed by atoms with Crippen molar-refractivity contribution in [3.05, 3.63) is 48.6 Å². The highest BCUT2D eigenvalue weighted by Gasteiger charge is 2.19. The second-order valence-electron chi connectivity index (χ2n) is 21.0. The van der Waals surface area contributed by atoms with Crippen LogP contribution in [-0.2, 0) is 28.6 Å². The lowest BCUT2D eigenvalue weighted by molar-refractivity contribution is -0.167. The van der Waals surface area contributed by atoms with Crippen molar-refractivity contribution in [3.63, 3.8) is 0 Å². The van der Waals surface area contributed by atoms with Crippen LogP contribution < -0.4 is 0 Å². The van der Waals surface area contributed by atoms with Gasteiger partial charge in [0, 0.05) is 19.3 Å². The molecule has 0 heterocycles. The van der Waals surface area contributed by atoms with Gasteiger partial charge in [-0.1, -0.05) is 256 Å². The number of esters is 3. The molecule has 0 spiro atoms. The van der Waals surface area contributed by atoms with Crippen molar-refractivity contribution < 1.29 is 28.6 Å². The summed E-state index contributed by atoms with van der Waals surface area (Å²) in [6.45, 7) is 6.64. The number of carbonyl (C=O) groups is 3. The van der Waals surface area contributed by atoms with E-state index < -0.39 is 6.10 Å². The Hall–Kier alpha value is -2.63. The first kappa shape index (κ1) is 68.4. The standard InChI is InChI=1S/C65H118O6/c1-4-7-10-13-16-19-22-25-28-31-32-35-37-40-43-46-49-52-55-58-64(67)70-61-62(71-65(68)59-56-53-50-47-44-41-38-34-30-27-24-21-18-15-12-9-6-3)60-69-63(66)57-54-51-48-45-42-39-36-33-29-26-23-20-17-14-11-8-5-2/h16,19,25-30,62H,4-15,17-18,20-24,31-61H2,1-3H3/b19-16-,28-25-,29-26-,30-27-/t62-/m1/s1. The van der Waals surface area contributed by atoms with Gasteiger partial charge in [-0.25, -0.2) is 0 Å².